The van der Waals surface area contributed by atoms with E-state index >= 15 is 0 Å². The monoisotopic (exact) mass is 331 g/mol. The van der Waals surface area contributed by atoms with Gasteiger partial charge in [0.25, 0.3) is 5.91 Å². The van der Waals surface area contributed by atoms with E-state index in [9.17, 15) is 4.79 Å². The third kappa shape index (κ3) is 5.61. The van der Waals surface area contributed by atoms with Gasteiger partial charge in [-0.2, -0.15) is 0 Å². The summed E-state index contributed by atoms with van der Waals surface area (Å²) in [4.78, 5) is 12.0. The maximum absolute atomic E-state index is 12.0. The Balaban J connectivity index is 1.79. The average molecular weight is 332 g/mol. The quantitative estimate of drug-likeness (QED) is 0.724. The highest BCUT2D eigenvalue weighted by molar-refractivity contribution is 6.30. The van der Waals surface area contributed by atoms with Crippen LogP contribution >= 0.6 is 11.6 Å². The lowest BCUT2D eigenvalue weighted by atomic mass is 10.1. The Morgan fingerprint density at radius 3 is 2.61 bits per heavy atom. The highest BCUT2D eigenvalue weighted by Crippen LogP contribution is 2.19. The zero-order valence-electron chi connectivity index (χ0n) is 13.3. The Morgan fingerprint density at radius 2 is 1.87 bits per heavy atom. The molecule has 0 bridgehead atoms. The van der Waals surface area contributed by atoms with Crippen LogP contribution in [0.25, 0.3) is 0 Å². The Bertz CT molecular complexity index is 626. The molecule has 0 aliphatic heterocycles. The van der Waals surface area contributed by atoms with Gasteiger partial charge in [-0.1, -0.05) is 36.7 Å². The number of hydrogen-bond acceptors (Lipinski definition) is 2. The van der Waals surface area contributed by atoms with Crippen molar-refractivity contribution in [1.29, 1.82) is 0 Å². The van der Waals surface area contributed by atoms with Gasteiger partial charge in [0.15, 0.2) is 0 Å². The van der Waals surface area contributed by atoms with Crippen molar-refractivity contribution in [2.75, 3.05) is 13.2 Å². The molecule has 3 nitrogen and oxygen atoms in total. The van der Waals surface area contributed by atoms with E-state index in [0.29, 0.717) is 17.1 Å². The molecule has 4 heteroatoms. The van der Waals surface area contributed by atoms with Crippen LogP contribution in [0.5, 0.6) is 5.75 Å². The van der Waals surface area contributed by atoms with Crippen molar-refractivity contribution < 1.29 is 9.53 Å². The van der Waals surface area contributed by atoms with Gasteiger partial charge in [-0.15, -0.1) is 0 Å². The van der Waals surface area contributed by atoms with Gasteiger partial charge in [-0.05, 0) is 55.2 Å². The topological polar surface area (TPSA) is 38.3 Å². The fourth-order valence-corrected chi connectivity index (χ4v) is 2.37. The molecule has 0 saturated heterocycles. The lowest BCUT2D eigenvalue weighted by Gasteiger charge is -2.11. The molecule has 0 aliphatic carbocycles. The Morgan fingerprint density at radius 1 is 1.13 bits per heavy atom. The van der Waals surface area contributed by atoms with Crippen molar-refractivity contribution in [3.8, 4) is 5.75 Å². The van der Waals surface area contributed by atoms with Crippen LogP contribution in [0, 0.1) is 0 Å². The molecule has 0 spiro atoms. The molecule has 23 heavy (non-hydrogen) atoms. The van der Waals surface area contributed by atoms with E-state index in [1.54, 1.807) is 24.3 Å². The van der Waals surface area contributed by atoms with Gasteiger partial charge in [0.2, 0.25) is 0 Å². The van der Waals surface area contributed by atoms with Crippen LogP contribution < -0.4 is 10.1 Å². The maximum Gasteiger partial charge on any atom is 0.251 e. The summed E-state index contributed by atoms with van der Waals surface area (Å²) in [6.07, 6.45) is 2.73. The van der Waals surface area contributed by atoms with Gasteiger partial charge in [0.1, 0.15) is 5.75 Å². The first-order chi connectivity index (χ1) is 11.2. The minimum absolute atomic E-state index is 0.0721. The Kier molecular flexibility index (Phi) is 6.95. The molecular formula is C19H22ClNO2. The predicted octanol–water partition coefficient (Wildman–Crippen LogP) is 4.49. The molecule has 122 valence electrons. The summed E-state index contributed by atoms with van der Waals surface area (Å²) in [5.41, 5.74) is 1.81. The number of aryl methyl sites for hydroxylation is 1. The first-order valence-corrected chi connectivity index (χ1v) is 8.33. The van der Waals surface area contributed by atoms with Crippen LogP contribution in [0.3, 0.4) is 0 Å². The summed E-state index contributed by atoms with van der Waals surface area (Å²) < 4.78 is 5.75. The van der Waals surface area contributed by atoms with Gasteiger partial charge in [0, 0.05) is 17.1 Å². The minimum Gasteiger partial charge on any atom is -0.493 e. The standard InChI is InChI=1S/C19H22ClNO2/c1-2-14-23-18-8-4-3-6-15(18)7-5-13-21-19(22)16-9-11-17(20)12-10-16/h3-4,6,8-12H,2,5,7,13-14H2,1H3,(H,21,22). The van der Waals surface area contributed by atoms with Crippen molar-refractivity contribution in [3.63, 3.8) is 0 Å². The second-order valence-corrected chi connectivity index (χ2v) is 5.76. The average Bonchev–Trinajstić information content (AvgIpc) is 2.58. The van der Waals surface area contributed by atoms with Crippen molar-refractivity contribution in [1.82, 2.24) is 5.32 Å². The molecule has 0 unspecified atom stereocenters. The fraction of sp³-hybridized carbons (Fsp3) is 0.316. The van der Waals surface area contributed by atoms with Gasteiger partial charge in [-0.25, -0.2) is 0 Å². The smallest absolute Gasteiger partial charge is 0.251 e. The molecule has 0 heterocycles. The third-order valence-corrected chi connectivity index (χ3v) is 3.70. The molecule has 0 atom stereocenters. The van der Waals surface area contributed by atoms with Gasteiger partial charge < -0.3 is 10.1 Å². The van der Waals surface area contributed by atoms with Crippen LogP contribution in [0.1, 0.15) is 35.7 Å². The first-order valence-electron chi connectivity index (χ1n) is 7.95. The minimum atomic E-state index is -0.0721. The normalized spacial score (nSPS) is 10.3. The highest BCUT2D eigenvalue weighted by Gasteiger charge is 2.06. The van der Waals surface area contributed by atoms with E-state index in [-0.39, 0.29) is 5.91 Å². The number of para-hydroxylation sites is 1. The van der Waals surface area contributed by atoms with E-state index in [4.69, 9.17) is 16.3 Å². The molecule has 1 N–H and O–H groups in total. The molecule has 0 fully saturated rings. The molecule has 0 aliphatic rings. The number of hydrogen-bond donors (Lipinski definition) is 1. The highest BCUT2D eigenvalue weighted by atomic mass is 35.5. The summed E-state index contributed by atoms with van der Waals surface area (Å²) >= 11 is 5.82. The first kappa shape index (κ1) is 17.4. The molecular weight excluding hydrogens is 310 g/mol. The van der Waals surface area contributed by atoms with Crippen molar-refractivity contribution in [3.05, 3.63) is 64.7 Å². The summed E-state index contributed by atoms with van der Waals surface area (Å²) in [7, 11) is 0. The maximum atomic E-state index is 12.0. The SMILES string of the molecule is CCCOc1ccccc1CCCNC(=O)c1ccc(Cl)cc1. The van der Waals surface area contributed by atoms with Crippen LogP contribution in [0.4, 0.5) is 0 Å². The summed E-state index contributed by atoms with van der Waals surface area (Å²) in [6, 6.07) is 15.0. The fourth-order valence-electron chi connectivity index (χ4n) is 2.25. The van der Waals surface area contributed by atoms with Crippen molar-refractivity contribution in [2.24, 2.45) is 0 Å². The van der Waals surface area contributed by atoms with Crippen molar-refractivity contribution >= 4 is 17.5 Å². The molecule has 2 aromatic rings. The zero-order chi connectivity index (χ0) is 16.5. The largest absolute Gasteiger partial charge is 0.493 e. The van der Waals surface area contributed by atoms with Crippen LogP contribution in [0.2, 0.25) is 5.02 Å². The van der Waals surface area contributed by atoms with E-state index in [1.807, 2.05) is 18.2 Å². The summed E-state index contributed by atoms with van der Waals surface area (Å²) in [6.45, 7) is 3.45. The Hall–Kier alpha value is -2.00. The second kappa shape index (κ2) is 9.21. The zero-order valence-corrected chi connectivity index (χ0v) is 14.1. The molecule has 0 saturated carbocycles. The predicted molar refractivity (Wildman–Crippen MR) is 94.3 cm³/mol. The van der Waals surface area contributed by atoms with E-state index in [1.165, 1.54) is 5.56 Å². The summed E-state index contributed by atoms with van der Waals surface area (Å²) in [5.74, 6) is 0.871. The number of carbonyl (C=O) groups is 1. The molecule has 2 aromatic carbocycles. The molecule has 0 radical (unpaired) electrons. The molecule has 0 aromatic heterocycles. The van der Waals surface area contributed by atoms with Gasteiger partial charge >= 0.3 is 0 Å². The Labute approximate surface area is 142 Å². The molecule has 1 amide bonds. The number of benzene rings is 2. The number of amides is 1. The third-order valence-electron chi connectivity index (χ3n) is 3.45. The lowest BCUT2D eigenvalue weighted by Crippen LogP contribution is -2.24. The number of ether oxygens (including phenoxy) is 1. The lowest BCUT2D eigenvalue weighted by molar-refractivity contribution is 0.0953. The number of halogens is 1. The van der Waals surface area contributed by atoms with Gasteiger partial charge in [0.05, 0.1) is 6.61 Å². The van der Waals surface area contributed by atoms with Crippen LogP contribution in [0.15, 0.2) is 48.5 Å². The second-order valence-electron chi connectivity index (χ2n) is 5.32. The van der Waals surface area contributed by atoms with Crippen LogP contribution in [-0.4, -0.2) is 19.1 Å². The van der Waals surface area contributed by atoms with Gasteiger partial charge in [-0.3, -0.25) is 4.79 Å². The number of nitrogens with one attached hydrogen (secondary N) is 1. The number of carbonyl (C=O) groups excluding carboxylic acids is 1. The van der Waals surface area contributed by atoms with E-state index in [0.717, 1.165) is 31.6 Å². The van der Waals surface area contributed by atoms with E-state index in [2.05, 4.69) is 18.3 Å². The van der Waals surface area contributed by atoms with Crippen molar-refractivity contribution in [2.45, 2.75) is 26.2 Å². The summed E-state index contributed by atoms with van der Waals surface area (Å²) in [5, 5.41) is 3.56. The van der Waals surface area contributed by atoms with E-state index < -0.39 is 0 Å². The molecule has 2 rings (SSSR count). The number of rotatable bonds is 8. The van der Waals surface area contributed by atoms with Crippen LogP contribution in [-0.2, 0) is 6.42 Å².